The van der Waals surface area contributed by atoms with E-state index < -0.39 is 5.92 Å². The molecule has 0 aliphatic heterocycles. The highest BCUT2D eigenvalue weighted by Gasteiger charge is 2.37. The Bertz CT molecular complexity index is 192. The van der Waals surface area contributed by atoms with Crippen LogP contribution in [0.15, 0.2) is 0 Å². The smallest absolute Gasteiger partial charge is 0.248 e. The summed E-state index contributed by atoms with van der Waals surface area (Å²) in [5.41, 5.74) is 2.76. The molecule has 0 aromatic rings. The second-order valence-electron chi connectivity index (χ2n) is 4.60. The van der Waals surface area contributed by atoms with Crippen LogP contribution in [0, 0.1) is 5.92 Å². The molecule has 5 heteroatoms. The summed E-state index contributed by atoms with van der Waals surface area (Å²) in [7, 11) is 1.66. The normalized spacial score (nSPS) is 23.2. The number of hydrogen-bond acceptors (Lipinski definition) is 3. The largest absolute Gasteiger partial charge is 0.385 e. The standard InChI is InChI=1S/C11H22F2N2O/c1-16-8-2-3-10(15-14)9-4-6-11(12,13)7-5-9/h9-10,15H,2-8,14H2,1H3. The maximum Gasteiger partial charge on any atom is 0.248 e. The highest BCUT2D eigenvalue weighted by molar-refractivity contribution is 4.83. The fourth-order valence-electron chi connectivity index (χ4n) is 2.37. The number of methoxy groups -OCH3 is 1. The number of rotatable bonds is 6. The Morgan fingerprint density at radius 2 is 2.06 bits per heavy atom. The van der Waals surface area contributed by atoms with Crippen LogP contribution in [0.4, 0.5) is 8.78 Å². The molecule has 1 aliphatic carbocycles. The molecule has 1 aliphatic rings. The summed E-state index contributed by atoms with van der Waals surface area (Å²) in [4.78, 5) is 0. The van der Waals surface area contributed by atoms with Crippen LogP contribution in [0.5, 0.6) is 0 Å². The molecule has 3 N–H and O–H groups in total. The first-order chi connectivity index (χ1) is 7.59. The Hall–Kier alpha value is -0.260. The molecular formula is C11H22F2N2O. The van der Waals surface area contributed by atoms with Gasteiger partial charge in [-0.2, -0.15) is 0 Å². The van der Waals surface area contributed by atoms with Gasteiger partial charge in [0.05, 0.1) is 0 Å². The summed E-state index contributed by atoms with van der Waals surface area (Å²) < 4.78 is 30.9. The van der Waals surface area contributed by atoms with E-state index in [9.17, 15) is 8.78 Å². The predicted octanol–water partition coefficient (Wildman–Crippen LogP) is 2.07. The molecule has 0 amide bonds. The van der Waals surface area contributed by atoms with Crippen molar-refractivity contribution in [2.24, 2.45) is 11.8 Å². The van der Waals surface area contributed by atoms with Gasteiger partial charge in [0.2, 0.25) is 5.92 Å². The Labute approximate surface area is 95.7 Å². The molecule has 1 rings (SSSR count). The average Bonchev–Trinajstić information content (AvgIpc) is 2.25. The molecule has 0 heterocycles. The lowest BCUT2D eigenvalue weighted by Crippen LogP contribution is -2.43. The number of alkyl halides is 2. The minimum absolute atomic E-state index is 0.000123. The highest BCUT2D eigenvalue weighted by Crippen LogP contribution is 2.37. The summed E-state index contributed by atoms with van der Waals surface area (Å²) in [6.45, 7) is 0.695. The van der Waals surface area contributed by atoms with E-state index >= 15 is 0 Å². The lowest BCUT2D eigenvalue weighted by molar-refractivity contribution is -0.0501. The van der Waals surface area contributed by atoms with Gasteiger partial charge in [-0.15, -0.1) is 0 Å². The number of nitrogens with two attached hydrogens (primary N) is 1. The highest BCUT2D eigenvalue weighted by atomic mass is 19.3. The fraction of sp³-hybridized carbons (Fsp3) is 1.00. The Morgan fingerprint density at radius 3 is 2.56 bits per heavy atom. The predicted molar refractivity (Wildman–Crippen MR) is 59.1 cm³/mol. The molecule has 3 nitrogen and oxygen atoms in total. The van der Waals surface area contributed by atoms with Crippen molar-refractivity contribution in [1.82, 2.24) is 5.43 Å². The summed E-state index contributed by atoms with van der Waals surface area (Å²) in [5, 5.41) is 0. The van der Waals surface area contributed by atoms with Crippen molar-refractivity contribution in [3.05, 3.63) is 0 Å². The average molecular weight is 236 g/mol. The molecule has 0 bridgehead atoms. The molecular weight excluding hydrogens is 214 g/mol. The van der Waals surface area contributed by atoms with Gasteiger partial charge in [0.25, 0.3) is 0 Å². The van der Waals surface area contributed by atoms with Gasteiger partial charge < -0.3 is 4.74 Å². The monoisotopic (exact) mass is 236 g/mol. The number of hydrazine groups is 1. The van der Waals surface area contributed by atoms with Gasteiger partial charge in [0.1, 0.15) is 0 Å². The molecule has 0 aromatic carbocycles. The first-order valence-electron chi connectivity index (χ1n) is 5.92. The van der Waals surface area contributed by atoms with E-state index in [0.29, 0.717) is 19.4 Å². The van der Waals surface area contributed by atoms with E-state index in [4.69, 9.17) is 10.6 Å². The number of hydrogen-bond donors (Lipinski definition) is 2. The third-order valence-electron chi connectivity index (χ3n) is 3.41. The first-order valence-corrected chi connectivity index (χ1v) is 5.92. The van der Waals surface area contributed by atoms with Gasteiger partial charge in [-0.3, -0.25) is 11.3 Å². The third-order valence-corrected chi connectivity index (χ3v) is 3.41. The second-order valence-corrected chi connectivity index (χ2v) is 4.60. The minimum Gasteiger partial charge on any atom is -0.385 e. The van der Waals surface area contributed by atoms with E-state index in [1.807, 2.05) is 0 Å². The molecule has 1 saturated carbocycles. The van der Waals surface area contributed by atoms with Gasteiger partial charge in [-0.05, 0) is 31.6 Å². The molecule has 0 spiro atoms. The Morgan fingerprint density at radius 1 is 1.44 bits per heavy atom. The molecule has 1 fully saturated rings. The van der Waals surface area contributed by atoms with Crippen LogP contribution in [-0.2, 0) is 4.74 Å². The lowest BCUT2D eigenvalue weighted by Gasteiger charge is -2.33. The molecule has 0 aromatic heterocycles. The summed E-state index contributed by atoms with van der Waals surface area (Å²) in [6.07, 6.45) is 2.93. The van der Waals surface area contributed by atoms with Crippen molar-refractivity contribution in [3.63, 3.8) is 0 Å². The molecule has 0 saturated heterocycles. The van der Waals surface area contributed by atoms with Gasteiger partial charge >= 0.3 is 0 Å². The fourth-order valence-corrected chi connectivity index (χ4v) is 2.37. The molecule has 1 atom stereocenters. The van der Waals surface area contributed by atoms with Gasteiger partial charge in [-0.1, -0.05) is 0 Å². The first kappa shape index (κ1) is 13.8. The van der Waals surface area contributed by atoms with E-state index in [0.717, 1.165) is 12.8 Å². The molecule has 96 valence electrons. The summed E-state index contributed by atoms with van der Waals surface area (Å²) >= 11 is 0. The van der Waals surface area contributed by atoms with Crippen molar-refractivity contribution in [2.75, 3.05) is 13.7 Å². The maximum atomic E-state index is 13.0. The van der Waals surface area contributed by atoms with Crippen molar-refractivity contribution in [1.29, 1.82) is 0 Å². The van der Waals surface area contributed by atoms with Crippen LogP contribution in [0.3, 0.4) is 0 Å². The SMILES string of the molecule is COCCCC(NN)C1CCC(F)(F)CC1. The Balaban J connectivity index is 2.31. The van der Waals surface area contributed by atoms with Crippen LogP contribution in [0.2, 0.25) is 0 Å². The van der Waals surface area contributed by atoms with Crippen LogP contribution in [-0.4, -0.2) is 25.7 Å². The summed E-state index contributed by atoms with van der Waals surface area (Å²) in [6, 6.07) is 0.145. The van der Waals surface area contributed by atoms with Gasteiger partial charge in [0.15, 0.2) is 0 Å². The van der Waals surface area contributed by atoms with Crippen molar-refractivity contribution >= 4 is 0 Å². The maximum absolute atomic E-state index is 13.0. The molecule has 1 unspecified atom stereocenters. The second kappa shape index (κ2) is 6.47. The number of nitrogens with one attached hydrogen (secondary N) is 1. The Kier molecular flexibility index (Phi) is 5.58. The van der Waals surface area contributed by atoms with Crippen LogP contribution >= 0.6 is 0 Å². The van der Waals surface area contributed by atoms with Crippen LogP contribution in [0.1, 0.15) is 38.5 Å². The van der Waals surface area contributed by atoms with Crippen LogP contribution < -0.4 is 11.3 Å². The zero-order valence-electron chi connectivity index (χ0n) is 9.85. The third kappa shape index (κ3) is 4.31. The van der Waals surface area contributed by atoms with E-state index in [-0.39, 0.29) is 24.8 Å². The van der Waals surface area contributed by atoms with Crippen molar-refractivity contribution in [3.8, 4) is 0 Å². The van der Waals surface area contributed by atoms with E-state index in [1.54, 1.807) is 7.11 Å². The van der Waals surface area contributed by atoms with Crippen molar-refractivity contribution in [2.45, 2.75) is 50.5 Å². The molecule has 0 radical (unpaired) electrons. The minimum atomic E-state index is -2.46. The van der Waals surface area contributed by atoms with E-state index in [1.165, 1.54) is 0 Å². The van der Waals surface area contributed by atoms with Crippen molar-refractivity contribution < 1.29 is 13.5 Å². The zero-order valence-corrected chi connectivity index (χ0v) is 9.85. The quantitative estimate of drug-likeness (QED) is 0.421. The number of halogens is 2. The van der Waals surface area contributed by atoms with E-state index in [2.05, 4.69) is 5.43 Å². The van der Waals surface area contributed by atoms with Crippen LogP contribution in [0.25, 0.3) is 0 Å². The number of ether oxygens (including phenoxy) is 1. The van der Waals surface area contributed by atoms with Gasteiger partial charge in [-0.25, -0.2) is 8.78 Å². The van der Waals surface area contributed by atoms with Gasteiger partial charge in [0, 0.05) is 32.6 Å². The lowest BCUT2D eigenvalue weighted by atomic mass is 9.81. The topological polar surface area (TPSA) is 47.3 Å². The zero-order chi connectivity index (χ0) is 12.0. The molecule has 16 heavy (non-hydrogen) atoms. The summed E-state index contributed by atoms with van der Waals surface area (Å²) in [5.74, 6) is 3.30.